The van der Waals surface area contributed by atoms with Gasteiger partial charge >= 0.3 is 11.9 Å². The van der Waals surface area contributed by atoms with Gasteiger partial charge in [-0.3, -0.25) is 0 Å². The molecule has 2 unspecified atom stereocenters. The van der Waals surface area contributed by atoms with Gasteiger partial charge in [-0.15, -0.1) is 11.8 Å². The predicted octanol–water partition coefficient (Wildman–Crippen LogP) is 2.23. The van der Waals surface area contributed by atoms with E-state index in [2.05, 4.69) is 23.7 Å². The lowest BCUT2D eigenvalue weighted by molar-refractivity contribution is -0.143. The quantitative estimate of drug-likeness (QED) is 0.424. The largest absolute Gasteiger partial charge is 0.446 e. The van der Waals surface area contributed by atoms with Crippen molar-refractivity contribution in [3.63, 3.8) is 0 Å². The summed E-state index contributed by atoms with van der Waals surface area (Å²) in [7, 11) is 0. The molecule has 0 aromatic heterocycles. The highest BCUT2D eigenvalue weighted by atomic mass is 16.5. The Morgan fingerprint density at radius 3 is 1.50 bits per heavy atom. The first-order chi connectivity index (χ1) is 9.57. The second-order valence-electron chi connectivity index (χ2n) is 3.79. The van der Waals surface area contributed by atoms with Gasteiger partial charge in [0.2, 0.25) is 0 Å². The van der Waals surface area contributed by atoms with Crippen LogP contribution in [0.3, 0.4) is 0 Å². The summed E-state index contributed by atoms with van der Waals surface area (Å²) in [5, 5.41) is 0. The second kappa shape index (κ2) is 10.7. The molecule has 0 saturated heterocycles. The van der Waals surface area contributed by atoms with Crippen LogP contribution in [0.15, 0.2) is 12.2 Å². The van der Waals surface area contributed by atoms with Crippen molar-refractivity contribution >= 4 is 11.9 Å². The Balaban J connectivity index is 4.38. The van der Waals surface area contributed by atoms with Crippen LogP contribution >= 0.6 is 0 Å². The van der Waals surface area contributed by atoms with Crippen LogP contribution in [0.5, 0.6) is 0 Å². The molecule has 0 aliphatic heterocycles. The van der Waals surface area contributed by atoms with E-state index in [1.807, 2.05) is 13.8 Å². The Kier molecular flexibility index (Phi) is 9.52. The minimum atomic E-state index is -0.619. The molecule has 4 nitrogen and oxygen atoms in total. The van der Waals surface area contributed by atoms with Crippen molar-refractivity contribution in [1.29, 1.82) is 0 Å². The molecule has 4 heteroatoms. The van der Waals surface area contributed by atoms with Crippen LogP contribution in [0, 0.1) is 23.7 Å². The second-order valence-corrected chi connectivity index (χ2v) is 3.79. The van der Waals surface area contributed by atoms with E-state index in [9.17, 15) is 9.59 Å². The summed E-state index contributed by atoms with van der Waals surface area (Å²) in [6, 6.07) is 0. The predicted molar refractivity (Wildman–Crippen MR) is 76.4 cm³/mol. The number of rotatable bonds is 6. The maximum Gasteiger partial charge on any atom is 0.332 e. The molecule has 0 aromatic carbocycles. The summed E-state index contributed by atoms with van der Waals surface area (Å²) >= 11 is 0. The van der Waals surface area contributed by atoms with Gasteiger partial charge in [0.05, 0.1) is 0 Å². The fraction of sp³-hybridized carbons (Fsp3) is 0.500. The highest BCUT2D eigenvalue weighted by Crippen LogP contribution is 2.00. The number of hydrogen-bond acceptors (Lipinski definition) is 4. The molecule has 0 fully saturated rings. The zero-order valence-electron chi connectivity index (χ0n) is 12.4. The summed E-state index contributed by atoms with van der Waals surface area (Å²) in [6.45, 7) is 7.05. The van der Waals surface area contributed by atoms with E-state index in [-0.39, 0.29) is 0 Å². The van der Waals surface area contributed by atoms with Gasteiger partial charge < -0.3 is 9.47 Å². The summed E-state index contributed by atoms with van der Waals surface area (Å²) in [6.07, 6.45) is 2.34. The van der Waals surface area contributed by atoms with Gasteiger partial charge in [-0.05, 0) is 26.7 Å². The maximum absolute atomic E-state index is 11.5. The molecule has 0 aliphatic rings. The SMILES string of the molecule is CC#CC(CC)OC(=O)/C=C/C(=O)OC(C#CC)CC. The third-order valence-corrected chi connectivity index (χ3v) is 2.22. The molecule has 0 amide bonds. The molecule has 108 valence electrons. The van der Waals surface area contributed by atoms with Gasteiger partial charge in [0.15, 0.2) is 12.2 Å². The van der Waals surface area contributed by atoms with Crippen molar-refractivity contribution in [3.05, 3.63) is 12.2 Å². The highest BCUT2D eigenvalue weighted by molar-refractivity contribution is 5.91. The van der Waals surface area contributed by atoms with Gasteiger partial charge in [-0.1, -0.05) is 25.7 Å². The number of esters is 2. The summed E-state index contributed by atoms with van der Waals surface area (Å²) in [5.74, 6) is 9.61. The fourth-order valence-corrected chi connectivity index (χ4v) is 1.25. The van der Waals surface area contributed by atoms with Gasteiger partial charge in [0.1, 0.15) is 0 Å². The lowest BCUT2D eigenvalue weighted by Crippen LogP contribution is -2.16. The lowest BCUT2D eigenvalue weighted by atomic mass is 10.3. The minimum absolute atomic E-state index is 0.456. The van der Waals surface area contributed by atoms with Crippen LogP contribution in [-0.2, 0) is 19.1 Å². The Morgan fingerprint density at radius 2 is 1.25 bits per heavy atom. The van der Waals surface area contributed by atoms with E-state index in [1.54, 1.807) is 13.8 Å². The zero-order chi connectivity index (χ0) is 15.4. The lowest BCUT2D eigenvalue weighted by Gasteiger charge is -2.08. The number of ether oxygens (including phenoxy) is 2. The number of carbonyl (C=O) groups excluding carboxylic acids is 2. The third kappa shape index (κ3) is 8.00. The maximum atomic E-state index is 11.5. The Morgan fingerprint density at radius 1 is 0.900 bits per heavy atom. The molecular weight excluding hydrogens is 256 g/mol. The molecule has 0 saturated carbocycles. The van der Waals surface area contributed by atoms with E-state index in [0.717, 1.165) is 12.2 Å². The van der Waals surface area contributed by atoms with Crippen LogP contribution < -0.4 is 0 Å². The molecule has 2 atom stereocenters. The highest BCUT2D eigenvalue weighted by Gasteiger charge is 2.09. The fourth-order valence-electron chi connectivity index (χ4n) is 1.25. The molecule has 0 radical (unpaired) electrons. The van der Waals surface area contributed by atoms with Gasteiger partial charge in [-0.25, -0.2) is 9.59 Å². The minimum Gasteiger partial charge on any atom is -0.446 e. The third-order valence-electron chi connectivity index (χ3n) is 2.22. The van der Waals surface area contributed by atoms with Crippen molar-refractivity contribution in [1.82, 2.24) is 0 Å². The monoisotopic (exact) mass is 276 g/mol. The summed E-state index contributed by atoms with van der Waals surface area (Å²) < 4.78 is 10.1. The van der Waals surface area contributed by atoms with Gasteiger partial charge in [-0.2, -0.15) is 0 Å². The molecule has 0 spiro atoms. The van der Waals surface area contributed by atoms with Crippen molar-refractivity contribution in [2.45, 2.75) is 52.7 Å². The van der Waals surface area contributed by atoms with Crippen molar-refractivity contribution < 1.29 is 19.1 Å². The Bertz CT molecular complexity index is 424. The van der Waals surface area contributed by atoms with Crippen LogP contribution in [0.4, 0.5) is 0 Å². The zero-order valence-corrected chi connectivity index (χ0v) is 12.4. The van der Waals surface area contributed by atoms with Crippen LogP contribution in [-0.4, -0.2) is 24.1 Å². The first kappa shape index (κ1) is 17.8. The standard InChI is InChI=1S/C16H20O4/c1-5-9-13(7-3)19-15(17)11-12-16(18)20-14(8-4)10-6-2/h11-14H,7-8H2,1-4H3/b12-11+. The van der Waals surface area contributed by atoms with E-state index in [1.165, 1.54) is 0 Å². The van der Waals surface area contributed by atoms with E-state index < -0.39 is 24.1 Å². The average molecular weight is 276 g/mol. The molecule has 0 N–H and O–H groups in total. The summed E-state index contributed by atoms with van der Waals surface area (Å²) in [4.78, 5) is 22.9. The number of carbonyl (C=O) groups is 2. The Labute approximate surface area is 120 Å². The first-order valence-electron chi connectivity index (χ1n) is 6.51. The first-order valence-corrected chi connectivity index (χ1v) is 6.51. The average Bonchev–Trinajstić information content (AvgIpc) is 2.44. The number of hydrogen-bond donors (Lipinski definition) is 0. The topological polar surface area (TPSA) is 52.6 Å². The smallest absolute Gasteiger partial charge is 0.332 e. The summed E-state index contributed by atoms with van der Waals surface area (Å²) in [5.41, 5.74) is 0. The van der Waals surface area contributed by atoms with E-state index >= 15 is 0 Å². The molecule has 0 bridgehead atoms. The van der Waals surface area contributed by atoms with Crippen LogP contribution in [0.1, 0.15) is 40.5 Å². The van der Waals surface area contributed by atoms with Crippen molar-refractivity contribution in [2.24, 2.45) is 0 Å². The molecule has 0 heterocycles. The molecule has 0 aliphatic carbocycles. The van der Waals surface area contributed by atoms with Gasteiger partial charge in [0.25, 0.3) is 0 Å². The van der Waals surface area contributed by atoms with Crippen LogP contribution in [0.2, 0.25) is 0 Å². The molecule has 20 heavy (non-hydrogen) atoms. The Hall–Kier alpha value is -2.20. The molecule has 0 aromatic rings. The van der Waals surface area contributed by atoms with Crippen molar-refractivity contribution in [3.8, 4) is 23.7 Å². The molecule has 0 rings (SSSR count). The van der Waals surface area contributed by atoms with Crippen molar-refractivity contribution in [2.75, 3.05) is 0 Å². The van der Waals surface area contributed by atoms with E-state index in [4.69, 9.17) is 9.47 Å². The van der Waals surface area contributed by atoms with Crippen LogP contribution in [0.25, 0.3) is 0 Å². The normalized spacial score (nSPS) is 12.4. The molecular formula is C16H20O4. The van der Waals surface area contributed by atoms with Gasteiger partial charge in [0, 0.05) is 12.2 Å². The van der Waals surface area contributed by atoms with E-state index in [0.29, 0.717) is 12.8 Å².